The largest absolute Gasteiger partial charge is 0.394 e. The van der Waals surface area contributed by atoms with Crippen LogP contribution in [0.3, 0.4) is 0 Å². The fourth-order valence-corrected chi connectivity index (χ4v) is 2.02. The van der Waals surface area contributed by atoms with Gasteiger partial charge in [0.2, 0.25) is 5.91 Å². The third-order valence-corrected chi connectivity index (χ3v) is 2.94. The number of carbonyl (C=O) groups is 1. The van der Waals surface area contributed by atoms with E-state index in [9.17, 15) is 14.4 Å². The quantitative estimate of drug-likeness (QED) is 0.571. The first kappa shape index (κ1) is 12.5. The van der Waals surface area contributed by atoms with Crippen molar-refractivity contribution >= 4 is 5.91 Å². The molecule has 8 heteroatoms. The van der Waals surface area contributed by atoms with Crippen molar-refractivity contribution in [1.82, 2.24) is 9.55 Å². The number of nitrogens with two attached hydrogens (primary N) is 1. The smallest absolute Gasteiger partial charge is 0.330 e. The minimum Gasteiger partial charge on any atom is -0.394 e. The highest BCUT2D eigenvalue weighted by molar-refractivity contribution is 5.77. The Morgan fingerprint density at radius 2 is 2.33 bits per heavy atom. The van der Waals surface area contributed by atoms with E-state index in [-0.39, 0.29) is 13.0 Å². The van der Waals surface area contributed by atoms with Crippen LogP contribution in [-0.4, -0.2) is 33.3 Å². The lowest BCUT2D eigenvalue weighted by Gasteiger charge is -2.14. The number of aromatic amines is 1. The Morgan fingerprint density at radius 1 is 1.61 bits per heavy atom. The highest BCUT2D eigenvalue weighted by atomic mass is 16.5. The van der Waals surface area contributed by atoms with E-state index in [2.05, 4.69) is 4.98 Å². The maximum Gasteiger partial charge on any atom is 0.330 e. The molecule has 8 nitrogen and oxygen atoms in total. The van der Waals surface area contributed by atoms with Crippen LogP contribution in [0.1, 0.15) is 12.6 Å². The van der Waals surface area contributed by atoms with E-state index in [1.54, 1.807) is 0 Å². The fourth-order valence-electron chi connectivity index (χ4n) is 2.02. The molecule has 1 aromatic rings. The van der Waals surface area contributed by atoms with Crippen molar-refractivity contribution < 1.29 is 14.6 Å². The van der Waals surface area contributed by atoms with Crippen LogP contribution in [0.4, 0.5) is 0 Å². The average Bonchev–Trinajstić information content (AvgIpc) is 2.73. The van der Waals surface area contributed by atoms with Gasteiger partial charge in [-0.2, -0.15) is 0 Å². The number of ether oxygens (including phenoxy) is 1. The summed E-state index contributed by atoms with van der Waals surface area (Å²) in [7, 11) is 0. The standard InChI is InChI=1S/C10H13N3O5/c11-9(16)5-3-8(18-6(5)4-14)13-2-1-7(15)12-10(13)17/h1-2,5-6,8,14H,3-4H2,(H2,11,16)(H,12,15,17)/t5-,6+,8+/m0/s1. The number of aliphatic hydroxyl groups is 1. The number of aliphatic hydroxyl groups excluding tert-OH is 1. The molecule has 1 saturated heterocycles. The van der Waals surface area contributed by atoms with Gasteiger partial charge >= 0.3 is 5.69 Å². The van der Waals surface area contributed by atoms with E-state index in [0.717, 1.165) is 4.57 Å². The number of aromatic nitrogens is 2. The highest BCUT2D eigenvalue weighted by Gasteiger charge is 2.39. The van der Waals surface area contributed by atoms with E-state index in [0.29, 0.717) is 0 Å². The van der Waals surface area contributed by atoms with Gasteiger partial charge in [-0.1, -0.05) is 0 Å². The van der Waals surface area contributed by atoms with Crippen molar-refractivity contribution in [2.24, 2.45) is 11.7 Å². The van der Waals surface area contributed by atoms with Crippen LogP contribution >= 0.6 is 0 Å². The number of nitrogens with one attached hydrogen (secondary N) is 1. The van der Waals surface area contributed by atoms with E-state index < -0.39 is 35.4 Å². The molecule has 0 aromatic carbocycles. The average molecular weight is 255 g/mol. The van der Waals surface area contributed by atoms with E-state index >= 15 is 0 Å². The number of nitrogens with zero attached hydrogens (tertiary/aromatic N) is 1. The van der Waals surface area contributed by atoms with Crippen molar-refractivity contribution in [2.45, 2.75) is 18.8 Å². The summed E-state index contributed by atoms with van der Waals surface area (Å²) in [6.45, 7) is -0.359. The van der Waals surface area contributed by atoms with Crippen molar-refractivity contribution in [3.63, 3.8) is 0 Å². The Morgan fingerprint density at radius 3 is 2.83 bits per heavy atom. The molecule has 1 fully saturated rings. The highest BCUT2D eigenvalue weighted by Crippen LogP contribution is 2.31. The van der Waals surface area contributed by atoms with Crippen LogP contribution in [0.25, 0.3) is 0 Å². The number of hydrogen-bond donors (Lipinski definition) is 3. The molecule has 1 aliphatic rings. The molecule has 0 spiro atoms. The van der Waals surface area contributed by atoms with Crippen LogP contribution < -0.4 is 17.0 Å². The predicted octanol–water partition coefficient (Wildman–Crippen LogP) is -2.08. The lowest BCUT2D eigenvalue weighted by atomic mass is 10.0. The van der Waals surface area contributed by atoms with E-state index in [1.807, 2.05) is 0 Å². The number of hydrogen-bond acceptors (Lipinski definition) is 5. The summed E-state index contributed by atoms with van der Waals surface area (Å²) in [6, 6.07) is 1.18. The zero-order chi connectivity index (χ0) is 13.3. The maximum absolute atomic E-state index is 11.5. The second kappa shape index (κ2) is 4.75. The van der Waals surface area contributed by atoms with Gasteiger partial charge in [-0.25, -0.2) is 4.79 Å². The molecule has 0 aliphatic carbocycles. The third kappa shape index (κ3) is 2.20. The monoisotopic (exact) mass is 255 g/mol. The van der Waals surface area contributed by atoms with Gasteiger partial charge in [-0.3, -0.25) is 19.1 Å². The Bertz CT molecular complexity index is 563. The van der Waals surface area contributed by atoms with Crippen molar-refractivity contribution in [2.75, 3.05) is 6.61 Å². The zero-order valence-corrected chi connectivity index (χ0v) is 9.41. The summed E-state index contributed by atoms with van der Waals surface area (Å²) in [5.41, 5.74) is 4.05. The maximum atomic E-state index is 11.5. The molecule has 0 bridgehead atoms. The third-order valence-electron chi connectivity index (χ3n) is 2.94. The first-order chi connectivity index (χ1) is 8.52. The number of carbonyl (C=O) groups excluding carboxylic acids is 1. The Hall–Kier alpha value is -1.93. The first-order valence-corrected chi connectivity index (χ1v) is 5.40. The molecule has 18 heavy (non-hydrogen) atoms. The van der Waals surface area contributed by atoms with Crippen LogP contribution in [0.5, 0.6) is 0 Å². The minimum absolute atomic E-state index is 0.187. The molecule has 98 valence electrons. The van der Waals surface area contributed by atoms with Crippen molar-refractivity contribution in [3.8, 4) is 0 Å². The number of H-pyrrole nitrogens is 1. The Balaban J connectivity index is 2.28. The predicted molar refractivity (Wildman–Crippen MR) is 59.6 cm³/mol. The van der Waals surface area contributed by atoms with E-state index in [1.165, 1.54) is 12.3 Å². The molecular formula is C10H13N3O5. The zero-order valence-electron chi connectivity index (χ0n) is 9.41. The Labute approximate surface area is 101 Å². The van der Waals surface area contributed by atoms with Gasteiger partial charge < -0.3 is 15.6 Å². The summed E-state index contributed by atoms with van der Waals surface area (Å²) >= 11 is 0. The number of primary amides is 1. The topological polar surface area (TPSA) is 127 Å². The summed E-state index contributed by atoms with van der Waals surface area (Å²) in [6.07, 6.45) is 0.0196. The lowest BCUT2D eigenvalue weighted by Crippen LogP contribution is -2.32. The number of rotatable bonds is 3. The van der Waals surface area contributed by atoms with Gasteiger partial charge in [0.05, 0.1) is 18.6 Å². The van der Waals surface area contributed by atoms with Gasteiger partial charge in [-0.05, 0) is 0 Å². The molecular weight excluding hydrogens is 242 g/mol. The summed E-state index contributed by atoms with van der Waals surface area (Å²) in [4.78, 5) is 35.7. The summed E-state index contributed by atoms with van der Waals surface area (Å²) in [5.74, 6) is -1.24. The van der Waals surface area contributed by atoms with Gasteiger partial charge in [0.1, 0.15) is 6.23 Å². The van der Waals surface area contributed by atoms with Gasteiger partial charge in [0.25, 0.3) is 5.56 Å². The molecule has 3 atom stereocenters. The molecule has 2 heterocycles. The van der Waals surface area contributed by atoms with Crippen LogP contribution in [0, 0.1) is 5.92 Å². The molecule has 4 N–H and O–H groups in total. The normalized spacial score (nSPS) is 27.3. The van der Waals surface area contributed by atoms with Crippen LogP contribution in [-0.2, 0) is 9.53 Å². The molecule has 0 saturated carbocycles. The van der Waals surface area contributed by atoms with Gasteiger partial charge in [0, 0.05) is 18.7 Å². The van der Waals surface area contributed by atoms with Crippen LogP contribution in [0.15, 0.2) is 21.9 Å². The first-order valence-electron chi connectivity index (χ1n) is 5.40. The van der Waals surface area contributed by atoms with Crippen molar-refractivity contribution in [3.05, 3.63) is 33.1 Å². The second-order valence-corrected chi connectivity index (χ2v) is 4.07. The van der Waals surface area contributed by atoms with Gasteiger partial charge in [-0.15, -0.1) is 0 Å². The number of amides is 1. The summed E-state index contributed by atoms with van der Waals surface area (Å²) in [5, 5.41) is 9.09. The molecule has 0 unspecified atom stereocenters. The molecule has 1 aliphatic heterocycles. The van der Waals surface area contributed by atoms with Gasteiger partial charge in [0.15, 0.2) is 0 Å². The summed E-state index contributed by atoms with van der Waals surface area (Å²) < 4.78 is 6.54. The molecule has 1 amide bonds. The van der Waals surface area contributed by atoms with E-state index in [4.69, 9.17) is 15.6 Å². The van der Waals surface area contributed by atoms with Crippen LogP contribution in [0.2, 0.25) is 0 Å². The SMILES string of the molecule is NC(=O)[C@H]1C[C@H](n2ccc(=O)[nH]c2=O)O[C@@H]1CO. The minimum atomic E-state index is -0.730. The molecule has 1 aromatic heterocycles. The fraction of sp³-hybridized carbons (Fsp3) is 0.500. The molecule has 0 radical (unpaired) electrons. The van der Waals surface area contributed by atoms with Crippen molar-refractivity contribution in [1.29, 1.82) is 0 Å². The second-order valence-electron chi connectivity index (χ2n) is 4.07. The Kier molecular flexibility index (Phi) is 3.30. The lowest BCUT2D eigenvalue weighted by molar-refractivity contribution is -0.124. The molecule has 2 rings (SSSR count).